The van der Waals surface area contributed by atoms with Crippen molar-refractivity contribution in [3.8, 4) is 27.8 Å². The minimum atomic E-state index is 0.0586. The molecule has 2 N–H and O–H groups in total. The summed E-state index contributed by atoms with van der Waals surface area (Å²) in [5.74, 6) is 4.26. The summed E-state index contributed by atoms with van der Waals surface area (Å²) in [7, 11) is 0. The second kappa shape index (κ2) is 6.94. The average molecular weight is 434 g/mol. The van der Waals surface area contributed by atoms with E-state index in [0.29, 0.717) is 17.7 Å². The van der Waals surface area contributed by atoms with Crippen molar-refractivity contribution in [3.63, 3.8) is 0 Å². The van der Waals surface area contributed by atoms with E-state index in [1.54, 1.807) is 23.7 Å². The van der Waals surface area contributed by atoms with Crippen LogP contribution in [0.15, 0.2) is 17.8 Å². The number of hydrogen-bond donors (Lipinski definition) is 2. The molecule has 31 heavy (non-hydrogen) atoms. The first-order valence-electron chi connectivity index (χ1n) is 10.7. The highest BCUT2D eigenvalue weighted by atomic mass is 32.1. The maximum absolute atomic E-state index is 5.12. The van der Waals surface area contributed by atoms with Crippen molar-refractivity contribution in [2.45, 2.75) is 52.0 Å². The number of aromatic amines is 1. The smallest absolute Gasteiger partial charge is 0.165 e. The number of aromatic nitrogens is 8. The third-order valence-electron chi connectivity index (χ3n) is 6.30. The van der Waals surface area contributed by atoms with E-state index < -0.39 is 0 Å². The molecule has 4 aromatic rings. The van der Waals surface area contributed by atoms with E-state index in [-0.39, 0.29) is 6.04 Å². The predicted molar refractivity (Wildman–Crippen MR) is 118 cm³/mol. The Kier molecular flexibility index (Phi) is 4.17. The quantitative estimate of drug-likeness (QED) is 0.483. The average Bonchev–Trinajstić information content (AvgIpc) is 3.16. The Morgan fingerprint density at radius 2 is 2.13 bits per heavy atom. The van der Waals surface area contributed by atoms with Gasteiger partial charge in [-0.3, -0.25) is 9.67 Å². The molecule has 0 aromatic carbocycles. The fourth-order valence-electron chi connectivity index (χ4n) is 4.41. The summed E-state index contributed by atoms with van der Waals surface area (Å²) in [4.78, 5) is 14.5. The van der Waals surface area contributed by atoms with Crippen LogP contribution in [0.5, 0.6) is 0 Å². The number of H-pyrrole nitrogens is 1. The van der Waals surface area contributed by atoms with Crippen molar-refractivity contribution in [2.75, 3.05) is 5.32 Å². The number of thiazole rings is 1. The number of fused-ring (bicyclic) bond motifs is 3. The maximum Gasteiger partial charge on any atom is 0.165 e. The summed E-state index contributed by atoms with van der Waals surface area (Å²) < 4.78 is 2.15. The number of hydrogen-bond acceptors (Lipinski definition) is 8. The van der Waals surface area contributed by atoms with Crippen LogP contribution in [0.2, 0.25) is 0 Å². The Bertz CT molecular complexity index is 1250. The molecule has 0 spiro atoms. The summed E-state index contributed by atoms with van der Waals surface area (Å²) in [6.07, 6.45) is 6.96. The molecule has 0 radical (unpaired) electrons. The van der Waals surface area contributed by atoms with Crippen molar-refractivity contribution in [1.82, 2.24) is 39.9 Å². The zero-order valence-corrected chi connectivity index (χ0v) is 18.4. The van der Waals surface area contributed by atoms with Gasteiger partial charge in [0.25, 0.3) is 0 Å². The molecule has 1 saturated carbocycles. The summed E-state index contributed by atoms with van der Waals surface area (Å²) in [5, 5.41) is 22.6. The first-order chi connectivity index (χ1) is 15.2. The Balaban J connectivity index is 1.58. The summed E-state index contributed by atoms with van der Waals surface area (Å²) in [6, 6.07) is 0.0586. The van der Waals surface area contributed by atoms with Gasteiger partial charge in [0.15, 0.2) is 17.5 Å². The molecule has 5 heterocycles. The second-order valence-electron chi connectivity index (χ2n) is 8.30. The van der Waals surface area contributed by atoms with Gasteiger partial charge in [0, 0.05) is 17.5 Å². The van der Waals surface area contributed by atoms with Gasteiger partial charge >= 0.3 is 0 Å². The molecular weight excluding hydrogens is 410 g/mol. The summed E-state index contributed by atoms with van der Waals surface area (Å²) in [6.45, 7) is 6.41. The molecule has 158 valence electrons. The first-order valence-corrected chi connectivity index (χ1v) is 11.6. The van der Waals surface area contributed by atoms with Crippen LogP contribution in [0.25, 0.3) is 27.8 Å². The van der Waals surface area contributed by atoms with Crippen LogP contribution in [0.4, 0.5) is 5.82 Å². The van der Waals surface area contributed by atoms with Crippen molar-refractivity contribution in [3.05, 3.63) is 35.1 Å². The van der Waals surface area contributed by atoms with Gasteiger partial charge in [0.05, 0.1) is 23.5 Å². The van der Waals surface area contributed by atoms with Gasteiger partial charge in [0.1, 0.15) is 22.2 Å². The zero-order valence-electron chi connectivity index (χ0n) is 17.6. The van der Waals surface area contributed by atoms with E-state index in [1.807, 2.05) is 12.3 Å². The van der Waals surface area contributed by atoms with Gasteiger partial charge in [-0.25, -0.2) is 15.0 Å². The second-order valence-corrected chi connectivity index (χ2v) is 9.19. The molecular formula is C21H23N9S. The van der Waals surface area contributed by atoms with Crippen LogP contribution in [0.1, 0.15) is 62.4 Å². The van der Waals surface area contributed by atoms with Crippen LogP contribution >= 0.6 is 11.3 Å². The topological polar surface area (TPSA) is 110 Å². The molecule has 0 amide bonds. The molecule has 6 rings (SSSR count). The Hall–Kier alpha value is -3.14. The van der Waals surface area contributed by atoms with Gasteiger partial charge in [-0.15, -0.1) is 21.5 Å². The molecule has 9 nitrogen and oxygen atoms in total. The molecule has 1 aliphatic carbocycles. The molecule has 2 atom stereocenters. The fraction of sp³-hybridized carbons (Fsp3) is 0.429. The summed E-state index contributed by atoms with van der Waals surface area (Å²) >= 11 is 1.57. The normalized spacial score (nSPS) is 18.4. The molecule has 10 heteroatoms. The van der Waals surface area contributed by atoms with Crippen molar-refractivity contribution in [1.29, 1.82) is 0 Å². The van der Waals surface area contributed by atoms with E-state index in [9.17, 15) is 0 Å². The van der Waals surface area contributed by atoms with Gasteiger partial charge in [-0.1, -0.05) is 13.8 Å². The fourth-order valence-corrected chi connectivity index (χ4v) is 5.06. The Morgan fingerprint density at radius 1 is 1.26 bits per heavy atom. The zero-order chi connectivity index (χ0) is 21.1. The van der Waals surface area contributed by atoms with Gasteiger partial charge in [-0.05, 0) is 32.1 Å². The van der Waals surface area contributed by atoms with Gasteiger partial charge < -0.3 is 5.32 Å². The highest BCUT2D eigenvalue weighted by Crippen LogP contribution is 2.47. The van der Waals surface area contributed by atoms with E-state index in [4.69, 9.17) is 9.97 Å². The third-order valence-corrected chi connectivity index (χ3v) is 7.09. The lowest BCUT2D eigenvalue weighted by Gasteiger charge is -2.29. The van der Waals surface area contributed by atoms with Crippen LogP contribution < -0.4 is 5.32 Å². The standard InChI is InChI=1S/C21H23N9S/c1-4-14-20-29-27-11(3)30(20)17-15(10(2)12-5-6-12)25-18(26-19(17)24-14)13-9-23-28-16(13)21-22-7-8-31-21/h7-10,12,14H,4-6H2,1-3H3,(H,23,28)(H,24,25,26)/t10?,14-/m1/s1. The number of nitrogens with one attached hydrogen (secondary N) is 2. The third kappa shape index (κ3) is 2.88. The van der Waals surface area contributed by atoms with E-state index >= 15 is 0 Å². The molecule has 1 fully saturated rings. The summed E-state index contributed by atoms with van der Waals surface area (Å²) in [5.41, 5.74) is 3.75. The number of anilines is 1. The molecule has 1 aliphatic heterocycles. The molecule has 2 aliphatic rings. The number of nitrogens with zero attached hydrogens (tertiary/aromatic N) is 7. The largest absolute Gasteiger partial charge is 0.358 e. The highest BCUT2D eigenvalue weighted by molar-refractivity contribution is 7.13. The highest BCUT2D eigenvalue weighted by Gasteiger charge is 2.37. The first kappa shape index (κ1) is 18.6. The lowest BCUT2D eigenvalue weighted by molar-refractivity contribution is 0.611. The van der Waals surface area contributed by atoms with E-state index in [0.717, 1.165) is 51.5 Å². The van der Waals surface area contributed by atoms with Crippen LogP contribution in [-0.2, 0) is 0 Å². The van der Waals surface area contributed by atoms with Crippen LogP contribution in [-0.4, -0.2) is 39.9 Å². The molecule has 0 bridgehead atoms. The Morgan fingerprint density at radius 3 is 2.87 bits per heavy atom. The monoisotopic (exact) mass is 433 g/mol. The maximum atomic E-state index is 5.12. The molecule has 4 aromatic heterocycles. The van der Waals surface area contributed by atoms with Gasteiger partial charge in [0.2, 0.25) is 0 Å². The SMILES string of the molecule is CC[C@H]1Nc2nc(-c3cn[nH]c3-c3nccs3)nc(C(C)C3CC3)c2-n2c(C)nnc21. The number of aryl methyl sites for hydroxylation is 1. The number of rotatable bonds is 5. The predicted octanol–water partition coefficient (Wildman–Crippen LogP) is 4.27. The van der Waals surface area contributed by atoms with E-state index in [2.05, 4.69) is 49.1 Å². The molecule has 0 saturated heterocycles. The minimum absolute atomic E-state index is 0.0586. The van der Waals surface area contributed by atoms with Gasteiger partial charge in [-0.2, -0.15) is 5.10 Å². The van der Waals surface area contributed by atoms with Crippen molar-refractivity contribution < 1.29 is 0 Å². The minimum Gasteiger partial charge on any atom is -0.358 e. The van der Waals surface area contributed by atoms with Crippen LogP contribution in [0.3, 0.4) is 0 Å². The van der Waals surface area contributed by atoms with Crippen molar-refractivity contribution in [2.24, 2.45) is 5.92 Å². The lowest BCUT2D eigenvalue weighted by atomic mass is 9.98. The molecule has 1 unspecified atom stereocenters. The van der Waals surface area contributed by atoms with Crippen molar-refractivity contribution >= 4 is 17.2 Å². The van der Waals surface area contributed by atoms with Crippen LogP contribution in [0, 0.1) is 12.8 Å². The lowest BCUT2D eigenvalue weighted by Crippen LogP contribution is -2.26. The van der Waals surface area contributed by atoms with E-state index in [1.165, 1.54) is 12.8 Å². The Labute approximate surface area is 183 Å².